The number of nitrogens with one attached hydrogen (secondary N) is 1. The van der Waals surface area contributed by atoms with Crippen LogP contribution in [0, 0.1) is 10.1 Å². The standard InChI is InChI=1S/C13H11N5O4S.C6H12/c14-23(21,22)9-3-1-8(2-4-9)17-13-11(18(19)20)6-5-10-12(13)16-7-15-10;1-2-4-6-5-3-1/h1-6,17H,7H2,(H2,14,21,22);1-6H2. The number of hydrogen-bond donors (Lipinski definition) is 2. The lowest BCUT2D eigenvalue weighted by Crippen LogP contribution is -2.25. The molecular weight excluding hydrogens is 394 g/mol. The second-order valence-electron chi connectivity index (χ2n) is 6.86. The number of benzene rings is 2. The van der Waals surface area contributed by atoms with E-state index in [1.54, 1.807) is 6.07 Å². The van der Waals surface area contributed by atoms with Gasteiger partial charge in [-0.1, -0.05) is 38.5 Å². The molecule has 154 valence electrons. The summed E-state index contributed by atoms with van der Waals surface area (Å²) in [5.41, 5.74) is 0.549. The molecule has 0 amide bonds. The zero-order valence-electron chi connectivity index (χ0n) is 15.9. The Bertz CT molecular complexity index is 1100. The SMILES string of the molecule is C1CCCCC1.NS(=O)(=O)c1ccc(Nc2c([N+](=O)[O-])ccc3c2=NCN=3)cc1. The van der Waals surface area contributed by atoms with E-state index in [0.717, 1.165) is 0 Å². The van der Waals surface area contributed by atoms with E-state index in [2.05, 4.69) is 15.3 Å². The van der Waals surface area contributed by atoms with Crippen LogP contribution in [-0.2, 0) is 10.0 Å². The molecule has 1 fully saturated rings. The number of nitro groups is 1. The zero-order chi connectivity index (χ0) is 20.9. The van der Waals surface area contributed by atoms with Crippen molar-refractivity contribution in [2.24, 2.45) is 15.1 Å². The Hall–Kier alpha value is -2.85. The third kappa shape index (κ3) is 5.36. The van der Waals surface area contributed by atoms with Crippen LogP contribution < -0.4 is 21.2 Å². The van der Waals surface area contributed by atoms with Crippen LogP contribution in [0.25, 0.3) is 0 Å². The van der Waals surface area contributed by atoms with Crippen LogP contribution in [0.3, 0.4) is 0 Å². The van der Waals surface area contributed by atoms with Gasteiger partial charge in [-0.05, 0) is 30.3 Å². The summed E-state index contributed by atoms with van der Waals surface area (Å²) >= 11 is 0. The van der Waals surface area contributed by atoms with Crippen molar-refractivity contribution in [2.45, 2.75) is 43.4 Å². The van der Waals surface area contributed by atoms with Crippen molar-refractivity contribution in [1.29, 1.82) is 0 Å². The Morgan fingerprint density at radius 3 is 2.03 bits per heavy atom. The van der Waals surface area contributed by atoms with Crippen LogP contribution in [0.5, 0.6) is 0 Å². The summed E-state index contributed by atoms with van der Waals surface area (Å²) in [6.07, 6.45) is 9.00. The highest BCUT2D eigenvalue weighted by atomic mass is 32.2. The molecule has 1 saturated carbocycles. The molecule has 0 spiro atoms. The molecule has 29 heavy (non-hydrogen) atoms. The molecule has 9 nitrogen and oxygen atoms in total. The van der Waals surface area contributed by atoms with Gasteiger partial charge in [0.15, 0.2) is 0 Å². The zero-order valence-corrected chi connectivity index (χ0v) is 16.7. The van der Waals surface area contributed by atoms with Crippen LogP contribution in [-0.4, -0.2) is 20.0 Å². The van der Waals surface area contributed by atoms with Gasteiger partial charge in [0.25, 0.3) is 5.69 Å². The third-order valence-corrected chi connectivity index (χ3v) is 5.68. The summed E-state index contributed by atoms with van der Waals surface area (Å²) in [5, 5.41) is 20.1. The highest BCUT2D eigenvalue weighted by Gasteiger charge is 2.18. The van der Waals surface area contributed by atoms with Crippen LogP contribution in [0.1, 0.15) is 38.5 Å². The average molecular weight is 417 g/mol. The molecule has 0 bridgehead atoms. The topological polar surface area (TPSA) is 140 Å². The smallest absolute Gasteiger partial charge is 0.295 e. The molecule has 1 heterocycles. The quantitative estimate of drug-likeness (QED) is 0.581. The van der Waals surface area contributed by atoms with Crippen molar-refractivity contribution in [1.82, 2.24) is 0 Å². The fourth-order valence-corrected chi connectivity index (χ4v) is 3.76. The van der Waals surface area contributed by atoms with Crippen molar-refractivity contribution in [2.75, 3.05) is 12.0 Å². The molecule has 2 aromatic rings. The molecule has 1 aliphatic heterocycles. The third-order valence-electron chi connectivity index (χ3n) is 4.75. The Kier molecular flexibility index (Phi) is 6.55. The van der Waals surface area contributed by atoms with Gasteiger partial charge in [-0.15, -0.1) is 0 Å². The molecule has 2 aromatic carbocycles. The number of anilines is 2. The Balaban J connectivity index is 0.000000343. The summed E-state index contributed by atoms with van der Waals surface area (Å²) in [5.74, 6) is 0. The van der Waals surface area contributed by atoms with Crippen LogP contribution in [0.2, 0.25) is 0 Å². The Morgan fingerprint density at radius 1 is 0.931 bits per heavy atom. The molecule has 1 aliphatic carbocycles. The molecule has 10 heteroatoms. The van der Waals surface area contributed by atoms with Gasteiger partial charge in [0, 0.05) is 11.8 Å². The summed E-state index contributed by atoms with van der Waals surface area (Å²) < 4.78 is 22.5. The summed E-state index contributed by atoms with van der Waals surface area (Å²) in [6, 6.07) is 8.45. The van der Waals surface area contributed by atoms with E-state index in [9.17, 15) is 18.5 Å². The van der Waals surface area contributed by atoms with Crippen molar-refractivity contribution in [3.05, 3.63) is 57.2 Å². The minimum atomic E-state index is -3.79. The van der Waals surface area contributed by atoms with Gasteiger partial charge in [0.05, 0.1) is 15.2 Å². The van der Waals surface area contributed by atoms with Crippen molar-refractivity contribution in [3.8, 4) is 0 Å². The Labute approximate surface area is 168 Å². The average Bonchev–Trinajstić information content (AvgIpc) is 3.19. The van der Waals surface area contributed by atoms with E-state index < -0.39 is 14.9 Å². The van der Waals surface area contributed by atoms with Gasteiger partial charge < -0.3 is 5.32 Å². The predicted octanol–water partition coefficient (Wildman–Crippen LogP) is 2.54. The second-order valence-corrected chi connectivity index (χ2v) is 8.42. The second kappa shape index (κ2) is 9.10. The molecular formula is C19H23N5O4S. The molecule has 0 saturated heterocycles. The molecule has 0 aromatic heterocycles. The Morgan fingerprint density at radius 2 is 1.52 bits per heavy atom. The number of nitro benzene ring substituents is 1. The monoisotopic (exact) mass is 417 g/mol. The van der Waals surface area contributed by atoms with Crippen molar-refractivity contribution in [3.63, 3.8) is 0 Å². The first kappa shape index (κ1) is 20.9. The first-order valence-electron chi connectivity index (χ1n) is 9.42. The van der Waals surface area contributed by atoms with E-state index in [0.29, 0.717) is 16.4 Å². The summed E-state index contributed by atoms with van der Waals surface area (Å²) in [6.45, 7) is 0.218. The molecule has 0 radical (unpaired) electrons. The number of nitrogens with two attached hydrogens (primary N) is 1. The largest absolute Gasteiger partial charge is 0.348 e. The van der Waals surface area contributed by atoms with E-state index in [1.807, 2.05) is 0 Å². The van der Waals surface area contributed by atoms with E-state index >= 15 is 0 Å². The number of rotatable bonds is 4. The van der Waals surface area contributed by atoms with Gasteiger partial charge >= 0.3 is 0 Å². The molecule has 0 atom stereocenters. The predicted molar refractivity (Wildman–Crippen MR) is 109 cm³/mol. The molecule has 2 aliphatic rings. The van der Waals surface area contributed by atoms with Crippen LogP contribution >= 0.6 is 0 Å². The van der Waals surface area contributed by atoms with Crippen molar-refractivity contribution >= 4 is 27.1 Å². The van der Waals surface area contributed by atoms with Gasteiger partial charge in [0.2, 0.25) is 10.0 Å². The fourth-order valence-electron chi connectivity index (χ4n) is 3.25. The summed E-state index contributed by atoms with van der Waals surface area (Å²) in [7, 11) is -3.79. The minimum Gasteiger partial charge on any atom is -0.348 e. The highest BCUT2D eigenvalue weighted by molar-refractivity contribution is 7.89. The van der Waals surface area contributed by atoms with Crippen LogP contribution in [0.15, 0.2) is 51.3 Å². The van der Waals surface area contributed by atoms with Gasteiger partial charge in [0.1, 0.15) is 17.7 Å². The van der Waals surface area contributed by atoms with Gasteiger partial charge in [-0.3, -0.25) is 20.1 Å². The molecule has 4 rings (SSSR count). The van der Waals surface area contributed by atoms with Crippen molar-refractivity contribution < 1.29 is 13.3 Å². The van der Waals surface area contributed by atoms with Gasteiger partial charge in [-0.2, -0.15) is 0 Å². The van der Waals surface area contributed by atoms with Crippen LogP contribution in [0.4, 0.5) is 17.1 Å². The number of sulfonamides is 1. The van der Waals surface area contributed by atoms with E-state index in [-0.39, 0.29) is 22.9 Å². The maximum absolute atomic E-state index is 11.2. The fraction of sp³-hybridized carbons (Fsp3) is 0.368. The minimum absolute atomic E-state index is 0.0458. The van der Waals surface area contributed by atoms with Gasteiger partial charge in [-0.25, -0.2) is 13.6 Å². The number of hydrogen-bond acceptors (Lipinski definition) is 7. The lowest BCUT2D eigenvalue weighted by Gasteiger charge is -2.07. The number of nitrogens with zero attached hydrogens (tertiary/aromatic N) is 3. The maximum Gasteiger partial charge on any atom is 0.295 e. The molecule has 0 unspecified atom stereocenters. The lowest BCUT2D eigenvalue weighted by molar-refractivity contribution is -0.384. The summed E-state index contributed by atoms with van der Waals surface area (Å²) in [4.78, 5) is 18.9. The van der Waals surface area contributed by atoms with E-state index in [4.69, 9.17) is 5.14 Å². The van der Waals surface area contributed by atoms with E-state index in [1.165, 1.54) is 68.9 Å². The highest BCUT2D eigenvalue weighted by Crippen LogP contribution is 2.24. The first-order valence-corrected chi connectivity index (χ1v) is 11.0. The lowest BCUT2D eigenvalue weighted by atomic mass is 10.0. The maximum atomic E-state index is 11.2. The first-order chi connectivity index (χ1) is 13.9. The number of primary sulfonamides is 1. The number of fused-ring (bicyclic) bond motifs is 1. The normalized spacial score (nSPS) is 15.2. The molecule has 3 N–H and O–H groups in total.